The van der Waals surface area contributed by atoms with E-state index in [9.17, 15) is 0 Å². The summed E-state index contributed by atoms with van der Waals surface area (Å²) >= 11 is 11.0. The average molecular weight is 541 g/mol. The van der Waals surface area contributed by atoms with Gasteiger partial charge in [-0.3, -0.25) is 0 Å². The van der Waals surface area contributed by atoms with E-state index in [0.29, 0.717) is 0 Å². The summed E-state index contributed by atoms with van der Waals surface area (Å²) in [5.74, 6) is 0. The van der Waals surface area contributed by atoms with Crippen LogP contribution in [0.1, 0.15) is 0 Å². The quantitative estimate of drug-likeness (QED) is 0.147. The van der Waals surface area contributed by atoms with Crippen LogP contribution in [0.5, 0.6) is 0 Å². The van der Waals surface area contributed by atoms with Crippen LogP contribution >= 0.6 is 47.8 Å². The van der Waals surface area contributed by atoms with Gasteiger partial charge in [-0.05, 0) is 103 Å². The lowest BCUT2D eigenvalue weighted by molar-refractivity contribution is 1.52. The SMILES string of the molecule is Brc1ccc(-c2ccc3c4ccccc4c4ccccc4c3c2)c(Br)c1Br. The zero-order valence-electron chi connectivity index (χ0n) is 14.1. The Hall–Kier alpha value is -1.68. The zero-order chi connectivity index (χ0) is 18.5. The number of hydrogen-bond donors (Lipinski definition) is 0. The van der Waals surface area contributed by atoms with Crippen molar-refractivity contribution in [2.45, 2.75) is 0 Å². The Balaban J connectivity index is 1.91. The van der Waals surface area contributed by atoms with Crippen LogP contribution in [0.15, 0.2) is 92.3 Å². The molecule has 0 aliphatic heterocycles. The first-order valence-corrected chi connectivity index (χ1v) is 11.0. The van der Waals surface area contributed by atoms with E-state index in [-0.39, 0.29) is 0 Å². The van der Waals surface area contributed by atoms with E-state index in [4.69, 9.17) is 0 Å². The van der Waals surface area contributed by atoms with Crippen LogP contribution in [-0.2, 0) is 0 Å². The van der Waals surface area contributed by atoms with Crippen LogP contribution in [0, 0.1) is 0 Å². The molecule has 27 heavy (non-hydrogen) atoms. The maximum Gasteiger partial charge on any atom is 0.0465 e. The molecule has 0 aromatic heterocycles. The Morgan fingerprint density at radius 2 is 0.963 bits per heavy atom. The third-order valence-corrected chi connectivity index (χ3v) is 8.46. The van der Waals surface area contributed by atoms with Gasteiger partial charge >= 0.3 is 0 Å². The standard InChI is InChI=1S/C24H13Br3/c25-22-12-11-15(23(26)24(22)27)14-9-10-20-18-7-2-1-5-16(18)17-6-3-4-8-19(17)21(20)13-14/h1-13H. The molecule has 0 bridgehead atoms. The van der Waals surface area contributed by atoms with Gasteiger partial charge in [0.15, 0.2) is 0 Å². The van der Waals surface area contributed by atoms with Gasteiger partial charge in [0.2, 0.25) is 0 Å². The van der Waals surface area contributed by atoms with Gasteiger partial charge in [-0.1, -0.05) is 66.7 Å². The molecule has 0 spiro atoms. The molecule has 0 heterocycles. The second kappa shape index (κ2) is 6.73. The summed E-state index contributed by atoms with van der Waals surface area (Å²) in [7, 11) is 0. The Bertz CT molecular complexity index is 1320. The Morgan fingerprint density at radius 3 is 1.56 bits per heavy atom. The maximum atomic E-state index is 3.74. The van der Waals surface area contributed by atoms with Crippen molar-refractivity contribution in [3.05, 3.63) is 92.3 Å². The molecule has 0 unspecified atom stereocenters. The predicted molar refractivity (Wildman–Crippen MR) is 127 cm³/mol. The molecule has 0 nitrogen and oxygen atoms in total. The molecule has 3 heteroatoms. The van der Waals surface area contributed by atoms with Crippen LogP contribution in [0.4, 0.5) is 0 Å². The largest absolute Gasteiger partial charge is 0.0616 e. The summed E-state index contributed by atoms with van der Waals surface area (Å²) in [6.07, 6.45) is 0. The number of rotatable bonds is 1. The van der Waals surface area contributed by atoms with Crippen LogP contribution in [0.3, 0.4) is 0 Å². The number of halogens is 3. The minimum absolute atomic E-state index is 1.03. The van der Waals surface area contributed by atoms with E-state index >= 15 is 0 Å². The molecule has 0 radical (unpaired) electrons. The lowest BCUT2D eigenvalue weighted by atomic mass is 9.92. The Labute approximate surface area is 182 Å². The van der Waals surface area contributed by atoms with Gasteiger partial charge in [-0.2, -0.15) is 0 Å². The number of benzene rings is 5. The molecule has 0 saturated heterocycles. The van der Waals surface area contributed by atoms with E-state index < -0.39 is 0 Å². The summed E-state index contributed by atoms with van der Waals surface area (Å²) in [5, 5.41) is 7.77. The van der Waals surface area contributed by atoms with Crippen molar-refractivity contribution < 1.29 is 0 Å². The zero-order valence-corrected chi connectivity index (χ0v) is 18.9. The van der Waals surface area contributed by atoms with E-state index in [1.165, 1.54) is 43.4 Å². The molecular formula is C24H13Br3. The summed E-state index contributed by atoms with van der Waals surface area (Å²) < 4.78 is 3.13. The van der Waals surface area contributed by atoms with Crippen LogP contribution in [-0.4, -0.2) is 0 Å². The molecule has 0 saturated carbocycles. The molecule has 0 amide bonds. The number of hydrogen-bond acceptors (Lipinski definition) is 0. The Kier molecular flexibility index (Phi) is 4.34. The molecule has 0 aliphatic carbocycles. The minimum atomic E-state index is 1.03. The van der Waals surface area contributed by atoms with Crippen LogP contribution < -0.4 is 0 Å². The van der Waals surface area contributed by atoms with Crippen molar-refractivity contribution in [1.82, 2.24) is 0 Å². The normalized spacial score (nSPS) is 11.5. The van der Waals surface area contributed by atoms with Gasteiger partial charge in [-0.15, -0.1) is 0 Å². The van der Waals surface area contributed by atoms with Gasteiger partial charge in [0.1, 0.15) is 0 Å². The average Bonchev–Trinajstić information content (AvgIpc) is 2.72. The first-order chi connectivity index (χ1) is 13.1. The first kappa shape index (κ1) is 17.4. The fraction of sp³-hybridized carbons (Fsp3) is 0. The second-order valence-electron chi connectivity index (χ2n) is 6.57. The second-order valence-corrected chi connectivity index (χ2v) is 9.01. The Morgan fingerprint density at radius 1 is 0.444 bits per heavy atom. The summed E-state index contributed by atoms with van der Waals surface area (Å²) in [4.78, 5) is 0. The highest BCUT2D eigenvalue weighted by atomic mass is 79.9. The van der Waals surface area contributed by atoms with Crippen LogP contribution in [0.25, 0.3) is 43.4 Å². The monoisotopic (exact) mass is 538 g/mol. The van der Waals surface area contributed by atoms with E-state index in [0.717, 1.165) is 13.4 Å². The molecule has 5 aromatic carbocycles. The topological polar surface area (TPSA) is 0 Å². The molecule has 130 valence electrons. The van der Waals surface area contributed by atoms with E-state index in [1.807, 2.05) is 0 Å². The smallest absolute Gasteiger partial charge is 0.0465 e. The fourth-order valence-corrected chi connectivity index (χ4v) is 5.34. The van der Waals surface area contributed by atoms with E-state index in [1.54, 1.807) is 0 Å². The van der Waals surface area contributed by atoms with Crippen molar-refractivity contribution >= 4 is 80.1 Å². The third-order valence-electron chi connectivity index (χ3n) is 5.09. The van der Waals surface area contributed by atoms with Crippen molar-refractivity contribution in [2.75, 3.05) is 0 Å². The van der Waals surface area contributed by atoms with Crippen molar-refractivity contribution in [1.29, 1.82) is 0 Å². The van der Waals surface area contributed by atoms with Gasteiger partial charge in [-0.25, -0.2) is 0 Å². The number of fused-ring (bicyclic) bond motifs is 6. The van der Waals surface area contributed by atoms with Crippen molar-refractivity contribution in [2.24, 2.45) is 0 Å². The highest BCUT2D eigenvalue weighted by molar-refractivity contribution is 9.14. The molecule has 0 aliphatic rings. The molecular weight excluding hydrogens is 528 g/mol. The molecule has 0 fully saturated rings. The minimum Gasteiger partial charge on any atom is -0.0616 e. The molecule has 0 N–H and O–H groups in total. The maximum absolute atomic E-state index is 3.74. The van der Waals surface area contributed by atoms with Gasteiger partial charge in [0.25, 0.3) is 0 Å². The molecule has 0 atom stereocenters. The first-order valence-electron chi connectivity index (χ1n) is 8.62. The third kappa shape index (κ3) is 2.75. The highest BCUT2D eigenvalue weighted by Crippen LogP contribution is 2.41. The molecule has 5 aromatic rings. The van der Waals surface area contributed by atoms with Crippen LogP contribution in [0.2, 0.25) is 0 Å². The fourth-order valence-electron chi connectivity index (χ4n) is 3.82. The molecule has 5 rings (SSSR count). The summed E-state index contributed by atoms with van der Waals surface area (Å²) in [6.45, 7) is 0. The van der Waals surface area contributed by atoms with Gasteiger partial charge < -0.3 is 0 Å². The lowest BCUT2D eigenvalue weighted by Crippen LogP contribution is -1.86. The van der Waals surface area contributed by atoms with Crippen molar-refractivity contribution in [3.63, 3.8) is 0 Å². The summed E-state index contributed by atoms with van der Waals surface area (Å²) in [5.41, 5.74) is 2.37. The van der Waals surface area contributed by atoms with E-state index in [2.05, 4.69) is 127 Å². The van der Waals surface area contributed by atoms with Crippen molar-refractivity contribution in [3.8, 4) is 11.1 Å². The summed E-state index contributed by atoms with van der Waals surface area (Å²) in [6, 6.07) is 28.3. The highest BCUT2D eigenvalue weighted by Gasteiger charge is 2.12. The predicted octanol–water partition coefficient (Wildman–Crippen LogP) is 9.10. The van der Waals surface area contributed by atoms with Gasteiger partial charge in [0.05, 0.1) is 0 Å². The lowest BCUT2D eigenvalue weighted by Gasteiger charge is -2.13. The van der Waals surface area contributed by atoms with Gasteiger partial charge in [0, 0.05) is 13.4 Å².